The lowest BCUT2D eigenvalue weighted by Crippen LogP contribution is -2.38. The third-order valence-corrected chi connectivity index (χ3v) is 4.49. The first-order valence-electron chi connectivity index (χ1n) is 9.18. The Kier molecular flexibility index (Phi) is 6.03. The molecular weight excluding hydrogens is 316 g/mol. The second kappa shape index (κ2) is 8.64. The van der Waals surface area contributed by atoms with Crippen molar-refractivity contribution in [3.05, 3.63) is 29.6 Å². The zero-order valence-corrected chi connectivity index (χ0v) is 15.2. The minimum absolute atomic E-state index is 0.603. The number of rotatable bonds is 6. The fraction of sp³-hybridized carbons (Fsp3) is 0.647. The van der Waals surface area contributed by atoms with E-state index in [0.29, 0.717) is 6.54 Å². The summed E-state index contributed by atoms with van der Waals surface area (Å²) in [6.45, 7) is 5.34. The SMILES string of the molecule is CCNC(=NCc1ccnn1C)NCCc1nnc2n1CCCCC2. The molecule has 0 saturated carbocycles. The molecule has 0 unspecified atom stereocenters. The highest BCUT2D eigenvalue weighted by Crippen LogP contribution is 2.14. The van der Waals surface area contributed by atoms with Crippen LogP contribution in [0.3, 0.4) is 0 Å². The van der Waals surface area contributed by atoms with Crippen molar-refractivity contribution in [2.45, 2.75) is 52.1 Å². The Labute approximate surface area is 148 Å². The molecule has 3 heterocycles. The topological polar surface area (TPSA) is 84.9 Å². The summed E-state index contributed by atoms with van der Waals surface area (Å²) in [5.74, 6) is 3.04. The van der Waals surface area contributed by atoms with Gasteiger partial charge >= 0.3 is 0 Å². The Morgan fingerprint density at radius 1 is 1.24 bits per heavy atom. The van der Waals surface area contributed by atoms with Crippen LogP contribution in [-0.2, 0) is 33.0 Å². The van der Waals surface area contributed by atoms with Crippen molar-refractivity contribution >= 4 is 5.96 Å². The van der Waals surface area contributed by atoms with E-state index < -0.39 is 0 Å². The number of aliphatic imine (C=N–C) groups is 1. The van der Waals surface area contributed by atoms with E-state index in [9.17, 15) is 0 Å². The maximum absolute atomic E-state index is 4.63. The molecule has 136 valence electrons. The molecule has 0 aromatic carbocycles. The van der Waals surface area contributed by atoms with E-state index >= 15 is 0 Å². The molecule has 0 spiro atoms. The maximum Gasteiger partial charge on any atom is 0.191 e. The summed E-state index contributed by atoms with van der Waals surface area (Å²) in [6.07, 6.45) is 7.43. The minimum atomic E-state index is 0.603. The molecule has 0 amide bonds. The van der Waals surface area contributed by atoms with Crippen molar-refractivity contribution in [1.82, 2.24) is 35.2 Å². The van der Waals surface area contributed by atoms with Crippen LogP contribution >= 0.6 is 0 Å². The standard InChI is InChI=1S/C17H28N8/c1-3-18-17(20-13-14-8-11-21-24(14)2)19-10-9-16-23-22-15-7-5-4-6-12-25(15)16/h8,11H,3-7,9-10,12-13H2,1-2H3,(H2,18,19,20). The quantitative estimate of drug-likeness (QED) is 0.604. The van der Waals surface area contributed by atoms with Gasteiger partial charge < -0.3 is 15.2 Å². The van der Waals surface area contributed by atoms with E-state index in [4.69, 9.17) is 0 Å². The maximum atomic E-state index is 4.63. The first kappa shape index (κ1) is 17.4. The van der Waals surface area contributed by atoms with Crippen LogP contribution in [0.1, 0.15) is 43.5 Å². The fourth-order valence-electron chi connectivity index (χ4n) is 3.08. The van der Waals surface area contributed by atoms with Gasteiger partial charge in [-0.25, -0.2) is 4.99 Å². The molecule has 1 aliphatic rings. The lowest BCUT2D eigenvalue weighted by molar-refractivity contribution is 0.600. The Morgan fingerprint density at radius 3 is 2.96 bits per heavy atom. The van der Waals surface area contributed by atoms with Crippen LogP contribution in [0.2, 0.25) is 0 Å². The number of hydrogen-bond acceptors (Lipinski definition) is 4. The number of aryl methyl sites for hydroxylation is 2. The van der Waals surface area contributed by atoms with Gasteiger partial charge in [-0.1, -0.05) is 6.42 Å². The smallest absolute Gasteiger partial charge is 0.191 e. The number of hydrogen-bond donors (Lipinski definition) is 2. The number of aromatic nitrogens is 5. The van der Waals surface area contributed by atoms with Crippen LogP contribution in [0.4, 0.5) is 0 Å². The molecule has 8 nitrogen and oxygen atoms in total. The van der Waals surface area contributed by atoms with Gasteiger partial charge in [0.05, 0.1) is 12.2 Å². The van der Waals surface area contributed by atoms with Gasteiger partial charge in [0.25, 0.3) is 0 Å². The molecule has 8 heteroatoms. The van der Waals surface area contributed by atoms with Crippen molar-refractivity contribution in [3.8, 4) is 0 Å². The zero-order chi connectivity index (χ0) is 17.5. The van der Waals surface area contributed by atoms with E-state index in [1.165, 1.54) is 19.3 Å². The second-order valence-electron chi connectivity index (χ2n) is 6.31. The van der Waals surface area contributed by atoms with Crippen molar-refractivity contribution in [2.75, 3.05) is 13.1 Å². The Morgan fingerprint density at radius 2 is 2.16 bits per heavy atom. The minimum Gasteiger partial charge on any atom is -0.357 e. The lowest BCUT2D eigenvalue weighted by Gasteiger charge is -2.12. The van der Waals surface area contributed by atoms with Gasteiger partial charge in [0.15, 0.2) is 5.96 Å². The fourth-order valence-corrected chi connectivity index (χ4v) is 3.08. The molecule has 2 aromatic rings. The van der Waals surface area contributed by atoms with E-state index in [0.717, 1.165) is 55.8 Å². The molecule has 0 radical (unpaired) electrons. The van der Waals surface area contributed by atoms with Crippen LogP contribution in [0.5, 0.6) is 0 Å². The molecule has 2 aromatic heterocycles. The molecule has 0 saturated heterocycles. The predicted molar refractivity (Wildman–Crippen MR) is 97.3 cm³/mol. The lowest BCUT2D eigenvalue weighted by atomic mass is 10.2. The Bertz CT molecular complexity index is 699. The van der Waals surface area contributed by atoms with Gasteiger partial charge in [0.1, 0.15) is 11.6 Å². The first-order chi connectivity index (χ1) is 12.3. The zero-order valence-electron chi connectivity index (χ0n) is 15.2. The van der Waals surface area contributed by atoms with Crippen molar-refractivity contribution < 1.29 is 0 Å². The van der Waals surface area contributed by atoms with Gasteiger partial charge in [0.2, 0.25) is 0 Å². The Balaban J connectivity index is 1.55. The van der Waals surface area contributed by atoms with Gasteiger partial charge in [0, 0.05) is 45.7 Å². The molecule has 0 aliphatic carbocycles. The predicted octanol–water partition coefficient (Wildman–Crippen LogP) is 1.04. The summed E-state index contributed by atoms with van der Waals surface area (Å²) in [5.41, 5.74) is 1.08. The number of fused-ring (bicyclic) bond motifs is 1. The van der Waals surface area contributed by atoms with Crippen molar-refractivity contribution in [1.29, 1.82) is 0 Å². The molecule has 0 atom stereocenters. The van der Waals surface area contributed by atoms with Crippen LogP contribution in [-0.4, -0.2) is 43.6 Å². The highest BCUT2D eigenvalue weighted by Gasteiger charge is 2.14. The number of nitrogens with zero attached hydrogens (tertiary/aromatic N) is 6. The van der Waals surface area contributed by atoms with E-state index in [1.54, 1.807) is 6.20 Å². The summed E-state index contributed by atoms with van der Waals surface area (Å²) in [7, 11) is 1.93. The summed E-state index contributed by atoms with van der Waals surface area (Å²) < 4.78 is 4.15. The second-order valence-corrected chi connectivity index (χ2v) is 6.31. The highest BCUT2D eigenvalue weighted by molar-refractivity contribution is 5.79. The number of guanidine groups is 1. The van der Waals surface area contributed by atoms with Gasteiger partial charge in [-0.2, -0.15) is 5.10 Å². The summed E-state index contributed by atoms with van der Waals surface area (Å²) in [4.78, 5) is 4.63. The molecular formula is C17H28N8. The van der Waals surface area contributed by atoms with Gasteiger partial charge in [-0.15, -0.1) is 10.2 Å². The monoisotopic (exact) mass is 344 g/mol. The average molecular weight is 344 g/mol. The highest BCUT2D eigenvalue weighted by atomic mass is 15.3. The normalized spacial score (nSPS) is 14.9. The number of nitrogens with one attached hydrogen (secondary N) is 2. The van der Waals surface area contributed by atoms with Gasteiger partial charge in [-0.3, -0.25) is 4.68 Å². The van der Waals surface area contributed by atoms with Crippen LogP contribution in [0.25, 0.3) is 0 Å². The van der Waals surface area contributed by atoms with E-state index in [2.05, 4.69) is 42.4 Å². The van der Waals surface area contributed by atoms with E-state index in [-0.39, 0.29) is 0 Å². The van der Waals surface area contributed by atoms with Crippen LogP contribution in [0.15, 0.2) is 17.3 Å². The molecule has 2 N–H and O–H groups in total. The van der Waals surface area contributed by atoms with Crippen molar-refractivity contribution in [3.63, 3.8) is 0 Å². The largest absolute Gasteiger partial charge is 0.357 e. The molecule has 25 heavy (non-hydrogen) atoms. The Hall–Kier alpha value is -2.38. The summed E-state index contributed by atoms with van der Waals surface area (Å²) in [6, 6.07) is 1.98. The average Bonchev–Trinajstić information content (AvgIpc) is 3.11. The summed E-state index contributed by atoms with van der Waals surface area (Å²) in [5, 5.41) is 19.6. The van der Waals surface area contributed by atoms with Crippen LogP contribution < -0.4 is 10.6 Å². The third kappa shape index (κ3) is 4.58. The van der Waals surface area contributed by atoms with Crippen molar-refractivity contribution in [2.24, 2.45) is 12.0 Å². The molecule has 0 fully saturated rings. The molecule has 3 rings (SSSR count). The summed E-state index contributed by atoms with van der Waals surface area (Å²) >= 11 is 0. The molecule has 1 aliphatic heterocycles. The third-order valence-electron chi connectivity index (χ3n) is 4.49. The van der Waals surface area contributed by atoms with Crippen LogP contribution in [0, 0.1) is 0 Å². The van der Waals surface area contributed by atoms with Gasteiger partial charge in [-0.05, 0) is 25.8 Å². The first-order valence-corrected chi connectivity index (χ1v) is 9.18. The molecule has 0 bridgehead atoms. The van der Waals surface area contributed by atoms with E-state index in [1.807, 2.05) is 17.8 Å².